The summed E-state index contributed by atoms with van der Waals surface area (Å²) in [7, 11) is 0. The first-order valence-electron chi connectivity index (χ1n) is 8.91. The largest absolute Gasteiger partial charge is 0.508 e. The van der Waals surface area contributed by atoms with E-state index in [9.17, 15) is 5.11 Å². The molecular weight excluding hydrogens is 310 g/mol. The fourth-order valence-electron chi connectivity index (χ4n) is 4.06. The smallest absolute Gasteiger partial charge is 0.228 e. The first-order chi connectivity index (χ1) is 12.3. The first kappa shape index (κ1) is 14.5. The zero-order valence-electron chi connectivity index (χ0n) is 13.9. The highest BCUT2D eigenvalue weighted by Crippen LogP contribution is 2.41. The van der Waals surface area contributed by atoms with Crippen molar-refractivity contribution in [3.05, 3.63) is 60.3 Å². The summed E-state index contributed by atoms with van der Waals surface area (Å²) < 4.78 is 6.02. The van der Waals surface area contributed by atoms with Crippen LogP contribution in [0.1, 0.15) is 37.3 Å². The predicted molar refractivity (Wildman–Crippen MR) is 99.8 cm³/mol. The van der Waals surface area contributed by atoms with Crippen LogP contribution in [0, 0.1) is 0 Å². The third-order valence-corrected chi connectivity index (χ3v) is 5.31. The van der Waals surface area contributed by atoms with Crippen LogP contribution in [0.3, 0.4) is 0 Å². The highest BCUT2D eigenvalue weighted by atomic mass is 16.3. The molecule has 1 aliphatic carbocycles. The van der Waals surface area contributed by atoms with Gasteiger partial charge in [0.2, 0.25) is 5.71 Å². The van der Waals surface area contributed by atoms with E-state index in [1.165, 1.54) is 31.2 Å². The van der Waals surface area contributed by atoms with Gasteiger partial charge in [-0.05, 0) is 42.2 Å². The lowest BCUT2D eigenvalue weighted by Crippen LogP contribution is -1.97. The summed E-state index contributed by atoms with van der Waals surface area (Å²) >= 11 is 0. The molecule has 3 nitrogen and oxygen atoms in total. The number of furan rings is 1. The van der Waals surface area contributed by atoms with Crippen LogP contribution in [-0.2, 0) is 0 Å². The Bertz CT molecular complexity index is 1060. The van der Waals surface area contributed by atoms with E-state index >= 15 is 0 Å². The van der Waals surface area contributed by atoms with Crippen LogP contribution in [-0.4, -0.2) is 10.1 Å². The molecule has 2 aromatic carbocycles. The van der Waals surface area contributed by atoms with Crippen molar-refractivity contribution in [2.45, 2.75) is 31.6 Å². The zero-order chi connectivity index (χ0) is 16.8. The van der Waals surface area contributed by atoms with Crippen molar-refractivity contribution in [3.63, 3.8) is 0 Å². The topological polar surface area (TPSA) is 46.3 Å². The number of rotatable bonds is 2. The summed E-state index contributed by atoms with van der Waals surface area (Å²) in [5.74, 6) is 0.734. The lowest BCUT2D eigenvalue weighted by atomic mass is 9.96. The van der Waals surface area contributed by atoms with Gasteiger partial charge in [0.25, 0.3) is 0 Å². The summed E-state index contributed by atoms with van der Waals surface area (Å²) in [6.07, 6.45) is 4.96. The van der Waals surface area contributed by atoms with Crippen molar-refractivity contribution >= 4 is 22.1 Å². The van der Waals surface area contributed by atoms with Crippen LogP contribution in [0.5, 0.6) is 5.75 Å². The van der Waals surface area contributed by atoms with Gasteiger partial charge in [0.15, 0.2) is 0 Å². The number of hydrogen-bond acceptors (Lipinski definition) is 3. The van der Waals surface area contributed by atoms with Gasteiger partial charge in [0.1, 0.15) is 11.3 Å². The fraction of sp³-hybridized carbons (Fsp3) is 0.227. The second-order valence-electron chi connectivity index (χ2n) is 6.90. The van der Waals surface area contributed by atoms with Gasteiger partial charge < -0.3 is 9.52 Å². The highest BCUT2D eigenvalue weighted by Gasteiger charge is 2.22. The molecule has 0 aliphatic heterocycles. The SMILES string of the molecule is Oc1ccc2c(c1)oc1nc(C3CCCC3)cc(-c3ccccc3)c12. The number of nitrogens with zero attached hydrogens (tertiary/aromatic N) is 1. The maximum Gasteiger partial charge on any atom is 0.228 e. The van der Waals surface area contributed by atoms with E-state index in [-0.39, 0.29) is 5.75 Å². The molecule has 0 spiro atoms. The van der Waals surface area contributed by atoms with E-state index in [1.807, 2.05) is 12.1 Å². The molecule has 1 saturated carbocycles. The number of phenolic OH excluding ortho intramolecular Hbond substituents is 1. The highest BCUT2D eigenvalue weighted by molar-refractivity contribution is 6.11. The summed E-state index contributed by atoms with van der Waals surface area (Å²) in [6, 6.07) is 18.0. The van der Waals surface area contributed by atoms with E-state index in [4.69, 9.17) is 9.40 Å². The minimum Gasteiger partial charge on any atom is -0.508 e. The van der Waals surface area contributed by atoms with Gasteiger partial charge in [0, 0.05) is 23.1 Å². The number of aromatic nitrogens is 1. The Labute approximate surface area is 145 Å². The summed E-state index contributed by atoms with van der Waals surface area (Å²) in [6.45, 7) is 0. The van der Waals surface area contributed by atoms with Crippen LogP contribution >= 0.6 is 0 Å². The Balaban J connectivity index is 1.84. The molecule has 0 radical (unpaired) electrons. The minimum absolute atomic E-state index is 0.212. The van der Waals surface area contributed by atoms with Crippen LogP contribution in [0.2, 0.25) is 0 Å². The Morgan fingerprint density at radius 3 is 2.56 bits per heavy atom. The average Bonchev–Trinajstić information content (AvgIpc) is 3.28. The van der Waals surface area contributed by atoms with Gasteiger partial charge in [-0.25, -0.2) is 4.98 Å². The normalized spacial score (nSPS) is 15.4. The molecule has 0 saturated heterocycles. The van der Waals surface area contributed by atoms with Crippen molar-refractivity contribution in [1.29, 1.82) is 0 Å². The molecule has 0 bridgehead atoms. The third-order valence-electron chi connectivity index (χ3n) is 5.31. The summed E-state index contributed by atoms with van der Waals surface area (Å²) in [5.41, 5.74) is 4.82. The molecule has 0 unspecified atom stereocenters. The van der Waals surface area contributed by atoms with Crippen LogP contribution in [0.4, 0.5) is 0 Å². The standard InChI is InChI=1S/C22H19NO2/c24-16-10-11-17-20(12-16)25-22-21(17)18(14-6-2-1-3-7-14)13-19(23-22)15-8-4-5-9-15/h1-3,6-7,10-13,15,24H,4-5,8-9H2. The third kappa shape index (κ3) is 2.39. The molecule has 0 amide bonds. The maximum atomic E-state index is 9.79. The van der Waals surface area contributed by atoms with E-state index in [2.05, 4.69) is 30.3 Å². The van der Waals surface area contributed by atoms with Crippen LogP contribution in [0.25, 0.3) is 33.2 Å². The van der Waals surface area contributed by atoms with E-state index in [0.717, 1.165) is 22.0 Å². The minimum atomic E-state index is 0.212. The Kier molecular flexibility index (Phi) is 3.27. The molecular formula is C22H19NO2. The Morgan fingerprint density at radius 1 is 0.960 bits per heavy atom. The summed E-state index contributed by atoms with van der Waals surface area (Å²) in [5, 5.41) is 11.8. The van der Waals surface area contributed by atoms with Gasteiger partial charge in [-0.2, -0.15) is 0 Å². The molecule has 2 aromatic heterocycles. The molecule has 1 N–H and O–H groups in total. The Morgan fingerprint density at radius 2 is 1.76 bits per heavy atom. The van der Waals surface area contributed by atoms with Crippen molar-refractivity contribution < 1.29 is 9.52 Å². The molecule has 25 heavy (non-hydrogen) atoms. The number of pyridine rings is 1. The van der Waals surface area contributed by atoms with Gasteiger partial charge in [-0.1, -0.05) is 43.2 Å². The number of benzene rings is 2. The lowest BCUT2D eigenvalue weighted by molar-refractivity contribution is 0.475. The molecule has 1 fully saturated rings. The maximum absolute atomic E-state index is 9.79. The molecule has 0 atom stereocenters. The lowest BCUT2D eigenvalue weighted by Gasteiger charge is -2.11. The predicted octanol–water partition coefficient (Wildman–Crippen LogP) is 6.01. The monoisotopic (exact) mass is 329 g/mol. The van der Waals surface area contributed by atoms with Crippen molar-refractivity contribution in [3.8, 4) is 16.9 Å². The van der Waals surface area contributed by atoms with Gasteiger partial charge in [0.05, 0.1) is 5.39 Å². The van der Waals surface area contributed by atoms with Crippen molar-refractivity contribution in [2.24, 2.45) is 0 Å². The summed E-state index contributed by atoms with van der Waals surface area (Å²) in [4.78, 5) is 4.86. The van der Waals surface area contributed by atoms with Gasteiger partial charge in [-0.3, -0.25) is 0 Å². The quantitative estimate of drug-likeness (QED) is 0.490. The molecule has 124 valence electrons. The van der Waals surface area contributed by atoms with E-state index < -0.39 is 0 Å². The van der Waals surface area contributed by atoms with Crippen LogP contribution < -0.4 is 0 Å². The van der Waals surface area contributed by atoms with Crippen LogP contribution in [0.15, 0.2) is 59.0 Å². The molecule has 5 rings (SSSR count). The second-order valence-corrected chi connectivity index (χ2v) is 6.90. The fourth-order valence-corrected chi connectivity index (χ4v) is 4.06. The van der Waals surface area contributed by atoms with Gasteiger partial charge >= 0.3 is 0 Å². The number of fused-ring (bicyclic) bond motifs is 3. The van der Waals surface area contributed by atoms with Crippen molar-refractivity contribution in [1.82, 2.24) is 4.98 Å². The Hall–Kier alpha value is -2.81. The van der Waals surface area contributed by atoms with E-state index in [0.29, 0.717) is 17.2 Å². The zero-order valence-corrected chi connectivity index (χ0v) is 13.9. The molecule has 1 aliphatic rings. The number of aromatic hydroxyl groups is 1. The number of phenols is 1. The van der Waals surface area contributed by atoms with E-state index in [1.54, 1.807) is 12.1 Å². The number of hydrogen-bond donors (Lipinski definition) is 1. The average molecular weight is 329 g/mol. The molecule has 3 heteroatoms. The van der Waals surface area contributed by atoms with Gasteiger partial charge in [-0.15, -0.1) is 0 Å². The van der Waals surface area contributed by atoms with Crippen molar-refractivity contribution in [2.75, 3.05) is 0 Å². The second kappa shape index (κ2) is 5.62. The first-order valence-corrected chi connectivity index (χ1v) is 8.91. The molecule has 4 aromatic rings. The molecule has 2 heterocycles.